The lowest BCUT2D eigenvalue weighted by Gasteiger charge is -2.11. The van der Waals surface area contributed by atoms with E-state index in [1.807, 2.05) is 19.9 Å². The molecule has 0 saturated heterocycles. The standard InChI is InChI=1S/C15H15IO4/c1-4-10-9(3)11-5-6-12(19-7-8(2)17)13(16)14(11)20-15(10)18/h5-6H,4,7H2,1-3H3. The van der Waals surface area contributed by atoms with Crippen molar-refractivity contribution in [2.24, 2.45) is 0 Å². The molecular formula is C15H15IO4. The van der Waals surface area contributed by atoms with Crippen molar-refractivity contribution < 1.29 is 13.9 Å². The highest BCUT2D eigenvalue weighted by atomic mass is 127. The SMILES string of the molecule is CCc1c(C)c2ccc(OCC(C)=O)c(I)c2oc1=O. The van der Waals surface area contributed by atoms with Gasteiger partial charge in [0.1, 0.15) is 12.4 Å². The molecule has 1 heterocycles. The minimum atomic E-state index is -0.306. The fourth-order valence-electron chi connectivity index (χ4n) is 2.10. The molecule has 0 unspecified atom stereocenters. The minimum Gasteiger partial charge on any atom is -0.485 e. The summed E-state index contributed by atoms with van der Waals surface area (Å²) < 4.78 is 11.6. The molecule has 106 valence electrons. The maximum Gasteiger partial charge on any atom is 0.339 e. The fourth-order valence-corrected chi connectivity index (χ4v) is 2.84. The number of fused-ring (bicyclic) bond motifs is 1. The van der Waals surface area contributed by atoms with Crippen LogP contribution < -0.4 is 10.4 Å². The Bertz CT molecular complexity index is 731. The quantitative estimate of drug-likeness (QED) is 0.598. The van der Waals surface area contributed by atoms with Gasteiger partial charge >= 0.3 is 5.63 Å². The van der Waals surface area contributed by atoms with Crippen molar-refractivity contribution in [3.8, 4) is 5.75 Å². The van der Waals surface area contributed by atoms with Crippen LogP contribution >= 0.6 is 22.6 Å². The van der Waals surface area contributed by atoms with E-state index in [1.54, 1.807) is 6.07 Å². The monoisotopic (exact) mass is 386 g/mol. The van der Waals surface area contributed by atoms with Crippen LogP contribution in [0.1, 0.15) is 25.0 Å². The molecule has 1 aromatic carbocycles. The number of ether oxygens (including phenoxy) is 1. The van der Waals surface area contributed by atoms with E-state index >= 15 is 0 Å². The molecule has 1 aromatic heterocycles. The predicted octanol–water partition coefficient (Wildman–Crippen LogP) is 3.24. The number of Topliss-reactive ketones (excluding diaryl/α,β-unsaturated/α-hetero) is 1. The number of aryl methyl sites for hydroxylation is 1. The highest BCUT2D eigenvalue weighted by molar-refractivity contribution is 14.1. The van der Waals surface area contributed by atoms with Gasteiger partial charge in [0.2, 0.25) is 0 Å². The number of hydrogen-bond acceptors (Lipinski definition) is 4. The van der Waals surface area contributed by atoms with Crippen LogP contribution in [0.4, 0.5) is 0 Å². The van der Waals surface area contributed by atoms with E-state index in [2.05, 4.69) is 22.6 Å². The van der Waals surface area contributed by atoms with E-state index in [-0.39, 0.29) is 18.0 Å². The molecule has 5 heteroatoms. The van der Waals surface area contributed by atoms with Crippen molar-refractivity contribution in [3.05, 3.63) is 37.2 Å². The molecule has 4 nitrogen and oxygen atoms in total. The van der Waals surface area contributed by atoms with Crippen LogP contribution in [-0.2, 0) is 11.2 Å². The minimum absolute atomic E-state index is 0.0117. The van der Waals surface area contributed by atoms with Crippen molar-refractivity contribution in [2.45, 2.75) is 27.2 Å². The van der Waals surface area contributed by atoms with E-state index < -0.39 is 0 Å². The molecule has 0 atom stereocenters. The van der Waals surface area contributed by atoms with Crippen molar-refractivity contribution in [1.82, 2.24) is 0 Å². The third kappa shape index (κ3) is 2.72. The van der Waals surface area contributed by atoms with Gasteiger partial charge in [-0.2, -0.15) is 0 Å². The number of carbonyl (C=O) groups is 1. The van der Waals surface area contributed by atoms with Crippen molar-refractivity contribution >= 4 is 39.3 Å². The van der Waals surface area contributed by atoms with Gasteiger partial charge in [-0.3, -0.25) is 4.79 Å². The normalized spacial score (nSPS) is 10.8. The van der Waals surface area contributed by atoms with Gasteiger partial charge in [0.05, 0.1) is 3.57 Å². The first-order valence-electron chi connectivity index (χ1n) is 6.32. The molecule has 0 bridgehead atoms. The molecule has 20 heavy (non-hydrogen) atoms. The summed E-state index contributed by atoms with van der Waals surface area (Å²) in [5.41, 5.74) is 1.85. The van der Waals surface area contributed by atoms with Crippen LogP contribution in [0, 0.1) is 10.5 Å². The average molecular weight is 386 g/mol. The Hall–Kier alpha value is -1.37. The number of carbonyl (C=O) groups excluding carboxylic acids is 1. The smallest absolute Gasteiger partial charge is 0.339 e. The summed E-state index contributed by atoms with van der Waals surface area (Å²) in [6, 6.07) is 3.67. The molecule has 0 saturated carbocycles. The van der Waals surface area contributed by atoms with Gasteiger partial charge in [-0.1, -0.05) is 6.92 Å². The van der Waals surface area contributed by atoms with Crippen molar-refractivity contribution in [1.29, 1.82) is 0 Å². The largest absolute Gasteiger partial charge is 0.485 e. The first kappa shape index (κ1) is 15.0. The van der Waals surface area contributed by atoms with Gasteiger partial charge in [-0.15, -0.1) is 0 Å². The third-order valence-corrected chi connectivity index (χ3v) is 4.17. The molecule has 0 fully saturated rings. The zero-order valence-electron chi connectivity index (χ0n) is 11.6. The molecule has 2 rings (SSSR count). The highest BCUT2D eigenvalue weighted by Gasteiger charge is 2.15. The molecule has 0 amide bonds. The molecule has 0 aliphatic carbocycles. The zero-order chi connectivity index (χ0) is 14.9. The average Bonchev–Trinajstić information content (AvgIpc) is 2.39. The lowest BCUT2D eigenvalue weighted by molar-refractivity contribution is -0.118. The summed E-state index contributed by atoms with van der Waals surface area (Å²) in [7, 11) is 0. The summed E-state index contributed by atoms with van der Waals surface area (Å²) in [5.74, 6) is 0.500. The first-order valence-corrected chi connectivity index (χ1v) is 7.40. The van der Waals surface area contributed by atoms with E-state index in [0.29, 0.717) is 26.9 Å². The number of benzene rings is 1. The van der Waals surface area contributed by atoms with Gasteiger partial charge in [-0.05, 0) is 60.6 Å². The maximum atomic E-state index is 11.9. The van der Waals surface area contributed by atoms with Crippen molar-refractivity contribution in [2.75, 3.05) is 6.61 Å². The van der Waals surface area contributed by atoms with Gasteiger partial charge in [0.15, 0.2) is 11.4 Å². The Kier molecular flexibility index (Phi) is 4.47. The topological polar surface area (TPSA) is 56.5 Å². The molecule has 0 spiro atoms. The summed E-state index contributed by atoms with van der Waals surface area (Å²) in [4.78, 5) is 22.9. The summed E-state index contributed by atoms with van der Waals surface area (Å²) in [6.07, 6.45) is 0.642. The van der Waals surface area contributed by atoms with Gasteiger partial charge in [-0.25, -0.2) is 4.79 Å². The van der Waals surface area contributed by atoms with E-state index in [0.717, 1.165) is 10.9 Å². The third-order valence-electron chi connectivity index (χ3n) is 3.14. The lowest BCUT2D eigenvalue weighted by atomic mass is 10.0. The van der Waals surface area contributed by atoms with E-state index in [4.69, 9.17) is 9.15 Å². The number of hydrogen-bond donors (Lipinski definition) is 0. The Labute approximate surface area is 130 Å². The molecule has 0 N–H and O–H groups in total. The highest BCUT2D eigenvalue weighted by Crippen LogP contribution is 2.31. The molecular weight excluding hydrogens is 371 g/mol. The van der Waals surface area contributed by atoms with Crippen LogP contribution in [-0.4, -0.2) is 12.4 Å². The van der Waals surface area contributed by atoms with Crippen LogP contribution in [0.5, 0.6) is 5.75 Å². The van der Waals surface area contributed by atoms with Crippen molar-refractivity contribution in [3.63, 3.8) is 0 Å². The number of halogens is 1. The molecule has 2 aromatic rings. The summed E-state index contributed by atoms with van der Waals surface area (Å²) in [5, 5.41) is 0.904. The van der Waals surface area contributed by atoms with E-state index in [9.17, 15) is 9.59 Å². The van der Waals surface area contributed by atoms with Crippen LogP contribution in [0.15, 0.2) is 21.3 Å². The second-order valence-corrected chi connectivity index (χ2v) is 5.67. The molecule has 0 aliphatic heterocycles. The van der Waals surface area contributed by atoms with Gasteiger partial charge in [0, 0.05) is 10.9 Å². The van der Waals surface area contributed by atoms with Crippen LogP contribution in [0.3, 0.4) is 0 Å². The maximum absolute atomic E-state index is 11.9. The molecule has 0 aliphatic rings. The Morgan fingerprint density at radius 2 is 2.10 bits per heavy atom. The Balaban J connectivity index is 2.62. The number of rotatable bonds is 4. The first-order chi connectivity index (χ1) is 9.45. The summed E-state index contributed by atoms with van der Waals surface area (Å²) >= 11 is 2.07. The number of ketones is 1. The Morgan fingerprint density at radius 3 is 2.70 bits per heavy atom. The summed E-state index contributed by atoms with van der Waals surface area (Å²) in [6.45, 7) is 5.33. The van der Waals surface area contributed by atoms with E-state index in [1.165, 1.54) is 6.92 Å². The van der Waals surface area contributed by atoms with Crippen LogP contribution in [0.25, 0.3) is 11.0 Å². The Morgan fingerprint density at radius 1 is 1.40 bits per heavy atom. The zero-order valence-corrected chi connectivity index (χ0v) is 13.7. The predicted molar refractivity (Wildman–Crippen MR) is 85.5 cm³/mol. The van der Waals surface area contributed by atoms with Crippen LogP contribution in [0.2, 0.25) is 0 Å². The van der Waals surface area contributed by atoms with Gasteiger partial charge in [0.25, 0.3) is 0 Å². The second kappa shape index (κ2) is 5.95. The molecule has 0 radical (unpaired) electrons. The lowest BCUT2D eigenvalue weighted by Crippen LogP contribution is -2.11. The fraction of sp³-hybridized carbons (Fsp3) is 0.333. The van der Waals surface area contributed by atoms with Gasteiger partial charge < -0.3 is 9.15 Å². The second-order valence-electron chi connectivity index (χ2n) is 4.59.